The standard InChI is InChI=1S/C23H27NO4/c1-15(2)19-12-9-16(3)13-20(19)27-14-21(25)28-22(17-7-5-4-6-8-17)23(26)24-18-10-11-18/h4-9,12-13,15,18,22H,10-11,14H2,1-3H3,(H,24,26)/t22-/m1/s1. The molecule has 5 nitrogen and oxygen atoms in total. The summed E-state index contributed by atoms with van der Waals surface area (Å²) in [5, 5.41) is 2.91. The van der Waals surface area contributed by atoms with E-state index < -0.39 is 12.1 Å². The molecule has 1 fully saturated rings. The van der Waals surface area contributed by atoms with Crippen LogP contribution < -0.4 is 10.1 Å². The van der Waals surface area contributed by atoms with Gasteiger partial charge in [-0.15, -0.1) is 0 Å². The van der Waals surface area contributed by atoms with Crippen molar-refractivity contribution < 1.29 is 19.1 Å². The van der Waals surface area contributed by atoms with Crippen molar-refractivity contribution >= 4 is 11.9 Å². The minimum atomic E-state index is -0.972. The Bertz CT molecular complexity index is 828. The van der Waals surface area contributed by atoms with Crippen molar-refractivity contribution in [3.8, 4) is 5.75 Å². The van der Waals surface area contributed by atoms with E-state index >= 15 is 0 Å². The third-order valence-electron chi connectivity index (χ3n) is 4.65. The van der Waals surface area contributed by atoms with Crippen LogP contribution in [-0.4, -0.2) is 24.5 Å². The maximum atomic E-state index is 12.6. The number of ether oxygens (including phenoxy) is 2. The number of esters is 1. The van der Waals surface area contributed by atoms with Crippen LogP contribution in [0.25, 0.3) is 0 Å². The molecule has 0 unspecified atom stereocenters. The molecule has 5 heteroatoms. The molecule has 1 N–H and O–H groups in total. The van der Waals surface area contributed by atoms with Gasteiger partial charge >= 0.3 is 5.97 Å². The van der Waals surface area contributed by atoms with Gasteiger partial charge in [-0.2, -0.15) is 0 Å². The summed E-state index contributed by atoms with van der Waals surface area (Å²) in [6.45, 7) is 5.87. The van der Waals surface area contributed by atoms with E-state index in [0.29, 0.717) is 11.3 Å². The summed E-state index contributed by atoms with van der Waals surface area (Å²) < 4.78 is 11.2. The van der Waals surface area contributed by atoms with Gasteiger partial charge in [0, 0.05) is 11.6 Å². The molecule has 0 spiro atoms. The third kappa shape index (κ3) is 5.35. The lowest BCUT2D eigenvalue weighted by Gasteiger charge is -2.19. The van der Waals surface area contributed by atoms with Crippen LogP contribution in [0.15, 0.2) is 48.5 Å². The zero-order valence-corrected chi connectivity index (χ0v) is 16.6. The van der Waals surface area contributed by atoms with Gasteiger partial charge in [0.15, 0.2) is 6.61 Å². The average Bonchev–Trinajstić information content (AvgIpc) is 3.48. The number of carbonyl (C=O) groups excluding carboxylic acids is 2. The van der Waals surface area contributed by atoms with Gasteiger partial charge in [-0.25, -0.2) is 4.79 Å². The van der Waals surface area contributed by atoms with Crippen LogP contribution in [-0.2, 0) is 14.3 Å². The van der Waals surface area contributed by atoms with E-state index in [0.717, 1.165) is 24.0 Å². The maximum Gasteiger partial charge on any atom is 0.345 e. The summed E-state index contributed by atoms with van der Waals surface area (Å²) in [4.78, 5) is 25.0. The first-order valence-corrected chi connectivity index (χ1v) is 9.72. The molecule has 1 aliphatic rings. The highest BCUT2D eigenvalue weighted by Crippen LogP contribution is 2.28. The van der Waals surface area contributed by atoms with E-state index in [1.165, 1.54) is 0 Å². The Balaban J connectivity index is 1.67. The monoisotopic (exact) mass is 381 g/mol. The quantitative estimate of drug-likeness (QED) is 0.701. The molecule has 148 valence electrons. The predicted octanol–water partition coefficient (Wildman–Crippen LogP) is 4.06. The molecule has 0 bridgehead atoms. The minimum absolute atomic E-state index is 0.189. The Labute approximate surface area is 166 Å². The highest BCUT2D eigenvalue weighted by Gasteiger charge is 2.30. The lowest BCUT2D eigenvalue weighted by molar-refractivity contribution is -0.158. The molecule has 1 atom stereocenters. The van der Waals surface area contributed by atoms with Crippen molar-refractivity contribution in [2.75, 3.05) is 6.61 Å². The van der Waals surface area contributed by atoms with Crippen LogP contribution in [0.3, 0.4) is 0 Å². The summed E-state index contributed by atoms with van der Waals surface area (Å²) >= 11 is 0. The van der Waals surface area contributed by atoms with Crippen LogP contribution in [0.5, 0.6) is 5.75 Å². The normalized spacial score (nSPS) is 14.4. The number of amides is 1. The highest BCUT2D eigenvalue weighted by atomic mass is 16.6. The van der Waals surface area contributed by atoms with Gasteiger partial charge < -0.3 is 14.8 Å². The van der Waals surface area contributed by atoms with Crippen LogP contribution in [0.4, 0.5) is 0 Å². The van der Waals surface area contributed by atoms with Gasteiger partial charge in [0.2, 0.25) is 6.10 Å². The fourth-order valence-electron chi connectivity index (χ4n) is 2.95. The van der Waals surface area contributed by atoms with Gasteiger partial charge in [0.1, 0.15) is 5.75 Å². The Hall–Kier alpha value is -2.82. The van der Waals surface area contributed by atoms with E-state index in [4.69, 9.17) is 9.47 Å². The van der Waals surface area contributed by atoms with Crippen molar-refractivity contribution in [2.45, 2.75) is 51.7 Å². The number of aryl methyl sites for hydroxylation is 1. The van der Waals surface area contributed by atoms with Crippen LogP contribution in [0.1, 0.15) is 55.4 Å². The minimum Gasteiger partial charge on any atom is -0.482 e. The molecule has 1 amide bonds. The van der Waals surface area contributed by atoms with Crippen molar-refractivity contribution in [3.63, 3.8) is 0 Å². The Kier molecular flexibility index (Phi) is 6.34. The number of benzene rings is 2. The smallest absolute Gasteiger partial charge is 0.345 e. The van der Waals surface area contributed by atoms with Gasteiger partial charge in [0.05, 0.1) is 0 Å². The van der Waals surface area contributed by atoms with E-state index in [-0.39, 0.29) is 24.5 Å². The average molecular weight is 381 g/mol. The van der Waals surface area contributed by atoms with E-state index in [9.17, 15) is 9.59 Å². The van der Waals surface area contributed by atoms with Gasteiger partial charge in [-0.05, 0) is 42.9 Å². The topological polar surface area (TPSA) is 64.6 Å². The van der Waals surface area contributed by atoms with Crippen molar-refractivity contribution in [2.24, 2.45) is 0 Å². The molecule has 1 aliphatic carbocycles. The number of rotatable bonds is 8. The molecule has 0 radical (unpaired) electrons. The Morgan fingerprint density at radius 1 is 1.11 bits per heavy atom. The zero-order valence-electron chi connectivity index (χ0n) is 16.6. The van der Waals surface area contributed by atoms with Crippen molar-refractivity contribution in [1.29, 1.82) is 0 Å². The van der Waals surface area contributed by atoms with Crippen LogP contribution in [0, 0.1) is 6.92 Å². The van der Waals surface area contributed by atoms with E-state index in [1.54, 1.807) is 12.1 Å². The summed E-state index contributed by atoms with van der Waals surface area (Å²) in [5.74, 6) is 0.0788. The largest absolute Gasteiger partial charge is 0.482 e. The maximum absolute atomic E-state index is 12.6. The molecular formula is C23H27NO4. The highest BCUT2D eigenvalue weighted by molar-refractivity contribution is 5.85. The third-order valence-corrected chi connectivity index (χ3v) is 4.65. The number of hydrogen-bond acceptors (Lipinski definition) is 4. The van der Waals surface area contributed by atoms with Gasteiger partial charge in [-0.3, -0.25) is 4.79 Å². The fourth-order valence-corrected chi connectivity index (χ4v) is 2.95. The first-order valence-electron chi connectivity index (χ1n) is 9.72. The fraction of sp³-hybridized carbons (Fsp3) is 0.391. The summed E-state index contributed by atoms with van der Waals surface area (Å²) in [7, 11) is 0. The molecule has 1 saturated carbocycles. The molecule has 2 aromatic rings. The molecular weight excluding hydrogens is 354 g/mol. The summed E-state index contributed by atoms with van der Waals surface area (Å²) in [6, 6.07) is 15.2. The van der Waals surface area contributed by atoms with Gasteiger partial charge in [0.25, 0.3) is 5.91 Å². The van der Waals surface area contributed by atoms with Gasteiger partial charge in [-0.1, -0.05) is 56.3 Å². The number of nitrogens with one attached hydrogen (secondary N) is 1. The lowest BCUT2D eigenvalue weighted by Crippen LogP contribution is -2.34. The SMILES string of the molecule is Cc1ccc(C(C)C)c(OCC(=O)O[C@@H](C(=O)NC2CC2)c2ccccc2)c1. The molecule has 0 aliphatic heterocycles. The van der Waals surface area contributed by atoms with Crippen molar-refractivity contribution in [3.05, 3.63) is 65.2 Å². The lowest BCUT2D eigenvalue weighted by atomic mass is 10.0. The second kappa shape index (κ2) is 8.91. The number of carbonyl (C=O) groups is 2. The molecule has 3 rings (SSSR count). The first kappa shape index (κ1) is 19.9. The van der Waals surface area contributed by atoms with Crippen LogP contribution in [0.2, 0.25) is 0 Å². The summed E-state index contributed by atoms with van der Waals surface area (Å²) in [5.41, 5.74) is 2.73. The molecule has 0 heterocycles. The Morgan fingerprint density at radius 3 is 2.46 bits per heavy atom. The van der Waals surface area contributed by atoms with Crippen LogP contribution >= 0.6 is 0 Å². The molecule has 0 aromatic heterocycles. The molecule has 0 saturated heterocycles. The predicted molar refractivity (Wildman–Crippen MR) is 107 cm³/mol. The van der Waals surface area contributed by atoms with Crippen molar-refractivity contribution in [1.82, 2.24) is 5.32 Å². The molecule has 2 aromatic carbocycles. The second-order valence-corrected chi connectivity index (χ2v) is 7.55. The van der Waals surface area contributed by atoms with E-state index in [2.05, 4.69) is 19.2 Å². The second-order valence-electron chi connectivity index (χ2n) is 7.55. The first-order chi connectivity index (χ1) is 13.4. The Morgan fingerprint density at radius 2 is 1.82 bits per heavy atom. The zero-order chi connectivity index (χ0) is 20.1. The van der Waals surface area contributed by atoms with E-state index in [1.807, 2.05) is 43.3 Å². The molecule has 28 heavy (non-hydrogen) atoms. The number of hydrogen-bond donors (Lipinski definition) is 1. The summed E-state index contributed by atoms with van der Waals surface area (Å²) in [6.07, 6.45) is 0.964.